The van der Waals surface area contributed by atoms with Crippen LogP contribution in [0, 0.1) is 6.92 Å². The molecule has 0 spiro atoms. The summed E-state index contributed by atoms with van der Waals surface area (Å²) in [6.07, 6.45) is 0. The topological polar surface area (TPSA) is 30.5 Å². The highest BCUT2D eigenvalue weighted by Gasteiger charge is 2.11. The van der Waals surface area contributed by atoms with Gasteiger partial charge in [0, 0.05) is 0 Å². The molecule has 3 nitrogen and oxygen atoms in total. The minimum Gasteiger partial charge on any atom is -0.497 e. The maximum absolute atomic E-state index is 6.18. The largest absolute Gasteiger partial charge is 0.497 e. The molecule has 0 bridgehead atoms. The Kier molecular flexibility index (Phi) is 5.48. The van der Waals surface area contributed by atoms with E-state index in [2.05, 4.69) is 5.32 Å². The molecule has 0 aliphatic heterocycles. The number of likely N-dealkylation sites (N-methyl/N-ethyl adjacent to an activating group) is 1. The van der Waals surface area contributed by atoms with Crippen molar-refractivity contribution in [3.63, 3.8) is 0 Å². The van der Waals surface area contributed by atoms with Gasteiger partial charge in [0.1, 0.15) is 18.1 Å². The highest BCUT2D eigenvalue weighted by Crippen LogP contribution is 2.26. The average Bonchev–Trinajstić information content (AvgIpc) is 2.50. The maximum atomic E-state index is 6.18. The fourth-order valence-electron chi connectivity index (χ4n) is 2.08. The zero-order valence-electron chi connectivity index (χ0n) is 12.5. The number of aryl methyl sites for hydroxylation is 1. The zero-order valence-corrected chi connectivity index (χ0v) is 13.3. The molecule has 0 aromatic heterocycles. The summed E-state index contributed by atoms with van der Waals surface area (Å²) in [5, 5.41) is 3.89. The quantitative estimate of drug-likeness (QED) is 0.875. The van der Waals surface area contributed by atoms with Gasteiger partial charge in [-0.3, -0.25) is 0 Å². The van der Waals surface area contributed by atoms with Gasteiger partial charge < -0.3 is 14.8 Å². The number of rotatable bonds is 6. The normalized spacial score (nSPS) is 12.0. The molecular weight excluding hydrogens is 286 g/mol. The van der Waals surface area contributed by atoms with E-state index in [1.807, 2.05) is 56.4 Å². The van der Waals surface area contributed by atoms with Crippen molar-refractivity contribution in [2.24, 2.45) is 0 Å². The van der Waals surface area contributed by atoms with E-state index >= 15 is 0 Å². The first-order chi connectivity index (χ1) is 10.1. The monoisotopic (exact) mass is 305 g/mol. The van der Waals surface area contributed by atoms with Gasteiger partial charge in [-0.15, -0.1) is 0 Å². The number of methoxy groups -OCH3 is 1. The van der Waals surface area contributed by atoms with Crippen LogP contribution in [0.5, 0.6) is 11.5 Å². The Labute approximate surface area is 130 Å². The molecule has 0 aliphatic carbocycles. The molecule has 0 heterocycles. The second kappa shape index (κ2) is 7.34. The predicted molar refractivity (Wildman–Crippen MR) is 86.5 cm³/mol. The van der Waals surface area contributed by atoms with Crippen molar-refractivity contribution in [1.29, 1.82) is 0 Å². The van der Waals surface area contributed by atoms with Crippen LogP contribution in [-0.4, -0.2) is 20.8 Å². The summed E-state index contributed by atoms with van der Waals surface area (Å²) < 4.78 is 11.0. The molecule has 1 N–H and O–H groups in total. The Morgan fingerprint density at radius 2 is 1.86 bits per heavy atom. The summed E-state index contributed by atoms with van der Waals surface area (Å²) in [6.45, 7) is 2.51. The Bertz CT molecular complexity index is 584. The highest BCUT2D eigenvalue weighted by atomic mass is 35.5. The molecule has 2 aromatic rings. The first-order valence-electron chi connectivity index (χ1n) is 6.84. The maximum Gasteiger partial charge on any atom is 0.138 e. The summed E-state index contributed by atoms with van der Waals surface area (Å²) in [5.74, 6) is 1.55. The van der Waals surface area contributed by atoms with Gasteiger partial charge in [0.25, 0.3) is 0 Å². The molecule has 2 aromatic carbocycles. The van der Waals surface area contributed by atoms with Crippen LogP contribution in [0.1, 0.15) is 17.2 Å². The smallest absolute Gasteiger partial charge is 0.138 e. The predicted octanol–water partition coefficient (Wildman–Crippen LogP) is 4.00. The van der Waals surface area contributed by atoms with Crippen molar-refractivity contribution in [2.75, 3.05) is 20.8 Å². The summed E-state index contributed by atoms with van der Waals surface area (Å²) in [5.41, 5.74) is 2.26. The third-order valence-corrected chi connectivity index (χ3v) is 3.65. The molecule has 1 atom stereocenters. The fourth-order valence-corrected chi connectivity index (χ4v) is 2.37. The van der Waals surface area contributed by atoms with Crippen LogP contribution in [-0.2, 0) is 0 Å². The van der Waals surface area contributed by atoms with Gasteiger partial charge in [0.05, 0.1) is 18.2 Å². The molecule has 4 heteroatoms. The number of hydrogen-bond acceptors (Lipinski definition) is 3. The third kappa shape index (κ3) is 4.13. The van der Waals surface area contributed by atoms with Crippen molar-refractivity contribution in [3.05, 3.63) is 58.6 Å². The lowest BCUT2D eigenvalue weighted by molar-refractivity contribution is 0.273. The molecule has 0 radical (unpaired) electrons. The van der Waals surface area contributed by atoms with Crippen LogP contribution < -0.4 is 14.8 Å². The number of halogens is 1. The van der Waals surface area contributed by atoms with Crippen LogP contribution in [0.15, 0.2) is 42.5 Å². The number of benzene rings is 2. The Balaban J connectivity index is 2.04. The van der Waals surface area contributed by atoms with Gasteiger partial charge in [0.15, 0.2) is 0 Å². The first kappa shape index (κ1) is 15.7. The lowest BCUT2D eigenvalue weighted by Gasteiger charge is -2.18. The Morgan fingerprint density at radius 3 is 2.43 bits per heavy atom. The molecule has 0 saturated carbocycles. The minimum atomic E-state index is 0.0910. The average molecular weight is 306 g/mol. The van der Waals surface area contributed by atoms with Crippen molar-refractivity contribution in [3.8, 4) is 11.5 Å². The molecule has 112 valence electrons. The van der Waals surface area contributed by atoms with Crippen LogP contribution in [0.4, 0.5) is 0 Å². The fraction of sp³-hybridized carbons (Fsp3) is 0.294. The molecule has 21 heavy (non-hydrogen) atoms. The zero-order chi connectivity index (χ0) is 15.2. The molecule has 0 aliphatic rings. The molecule has 0 fully saturated rings. The summed E-state index contributed by atoms with van der Waals surface area (Å²) >= 11 is 6.18. The van der Waals surface area contributed by atoms with E-state index < -0.39 is 0 Å². The third-order valence-electron chi connectivity index (χ3n) is 3.36. The number of nitrogens with one attached hydrogen (secondary N) is 1. The van der Waals surface area contributed by atoms with Crippen LogP contribution in [0.3, 0.4) is 0 Å². The SMILES string of the molecule is CNC(COc1ccc(C)cc1Cl)c1ccc(OC)cc1. The van der Waals surface area contributed by atoms with E-state index in [-0.39, 0.29) is 6.04 Å². The standard InChI is InChI=1S/C17H20ClNO2/c1-12-4-9-17(15(18)10-12)21-11-16(19-2)13-5-7-14(20-3)8-6-13/h4-10,16,19H,11H2,1-3H3. The number of ether oxygens (including phenoxy) is 2. The van der Waals surface area contributed by atoms with Crippen molar-refractivity contribution in [2.45, 2.75) is 13.0 Å². The van der Waals surface area contributed by atoms with Gasteiger partial charge in [-0.1, -0.05) is 29.8 Å². The van der Waals surface area contributed by atoms with E-state index in [1.54, 1.807) is 7.11 Å². The Hall–Kier alpha value is -1.71. The van der Waals surface area contributed by atoms with Gasteiger partial charge in [-0.25, -0.2) is 0 Å². The Morgan fingerprint density at radius 1 is 1.14 bits per heavy atom. The van der Waals surface area contributed by atoms with Gasteiger partial charge >= 0.3 is 0 Å². The van der Waals surface area contributed by atoms with Gasteiger partial charge in [-0.05, 0) is 49.4 Å². The lowest BCUT2D eigenvalue weighted by atomic mass is 10.1. The summed E-state index contributed by atoms with van der Waals surface area (Å²) in [6, 6.07) is 13.8. The summed E-state index contributed by atoms with van der Waals surface area (Å²) in [4.78, 5) is 0. The van der Waals surface area contributed by atoms with Gasteiger partial charge in [-0.2, -0.15) is 0 Å². The van der Waals surface area contributed by atoms with Crippen LogP contribution in [0.2, 0.25) is 5.02 Å². The summed E-state index contributed by atoms with van der Waals surface area (Å²) in [7, 11) is 3.57. The molecule has 0 amide bonds. The molecule has 0 saturated heterocycles. The highest BCUT2D eigenvalue weighted by molar-refractivity contribution is 6.32. The molecule has 1 unspecified atom stereocenters. The van der Waals surface area contributed by atoms with E-state index in [0.717, 1.165) is 16.9 Å². The minimum absolute atomic E-state index is 0.0910. The van der Waals surface area contributed by atoms with E-state index in [1.165, 1.54) is 0 Å². The van der Waals surface area contributed by atoms with Crippen molar-refractivity contribution < 1.29 is 9.47 Å². The first-order valence-corrected chi connectivity index (χ1v) is 7.22. The second-order valence-corrected chi connectivity index (χ2v) is 5.27. The van der Waals surface area contributed by atoms with Crippen LogP contribution in [0.25, 0.3) is 0 Å². The molecule has 2 rings (SSSR count). The van der Waals surface area contributed by atoms with Crippen molar-refractivity contribution in [1.82, 2.24) is 5.32 Å². The van der Waals surface area contributed by atoms with Crippen molar-refractivity contribution >= 4 is 11.6 Å². The van der Waals surface area contributed by atoms with E-state index in [4.69, 9.17) is 21.1 Å². The molecular formula is C17H20ClNO2. The van der Waals surface area contributed by atoms with E-state index in [9.17, 15) is 0 Å². The van der Waals surface area contributed by atoms with Gasteiger partial charge in [0.2, 0.25) is 0 Å². The second-order valence-electron chi connectivity index (χ2n) is 4.86. The lowest BCUT2D eigenvalue weighted by Crippen LogP contribution is -2.23. The number of hydrogen-bond donors (Lipinski definition) is 1. The van der Waals surface area contributed by atoms with E-state index in [0.29, 0.717) is 17.4 Å². The van der Waals surface area contributed by atoms with Crippen LogP contribution >= 0.6 is 11.6 Å².